The van der Waals surface area contributed by atoms with Crippen molar-refractivity contribution in [1.82, 2.24) is 9.71 Å². The number of nitrogen functional groups attached to an aromatic ring is 1. The summed E-state index contributed by atoms with van der Waals surface area (Å²) in [5, 5.41) is 6.19. The minimum Gasteiger partial charge on any atom is -0.397 e. The van der Waals surface area contributed by atoms with Gasteiger partial charge in [0.2, 0.25) is 10.0 Å². The van der Waals surface area contributed by atoms with E-state index in [1.54, 1.807) is 17.4 Å². The normalized spacial score (nSPS) is 13.1. The van der Waals surface area contributed by atoms with E-state index in [9.17, 15) is 8.42 Å². The van der Waals surface area contributed by atoms with Crippen molar-refractivity contribution < 1.29 is 8.42 Å². The number of aromatic nitrogens is 1. The highest BCUT2D eigenvalue weighted by Crippen LogP contribution is 2.27. The quantitative estimate of drug-likeness (QED) is 0.731. The molecule has 0 aliphatic carbocycles. The third-order valence-corrected chi connectivity index (χ3v) is 5.54. The van der Waals surface area contributed by atoms with E-state index in [1.807, 2.05) is 19.2 Å². The summed E-state index contributed by atoms with van der Waals surface area (Å²) in [6, 6.07) is 4.62. The van der Waals surface area contributed by atoms with Gasteiger partial charge in [0.05, 0.1) is 22.3 Å². The van der Waals surface area contributed by atoms with Crippen LogP contribution in [0.4, 0.5) is 11.4 Å². The minimum atomic E-state index is -3.48. The van der Waals surface area contributed by atoms with Crippen molar-refractivity contribution in [3.63, 3.8) is 0 Å². The van der Waals surface area contributed by atoms with Gasteiger partial charge in [-0.1, -0.05) is 0 Å². The lowest BCUT2D eigenvalue weighted by atomic mass is 10.2. The first-order chi connectivity index (χ1) is 9.83. The van der Waals surface area contributed by atoms with Crippen LogP contribution in [0, 0.1) is 6.92 Å². The number of nitrogens with zero attached hydrogens (tertiary/aromatic N) is 1. The predicted octanol–water partition coefficient (Wildman–Crippen LogP) is 2.11. The minimum absolute atomic E-state index is 0.00208. The molecule has 21 heavy (non-hydrogen) atoms. The molecule has 0 bridgehead atoms. The first-order valence-electron chi connectivity index (χ1n) is 6.35. The van der Waals surface area contributed by atoms with Crippen LogP contribution in [0.5, 0.6) is 0 Å². The summed E-state index contributed by atoms with van der Waals surface area (Å²) >= 11 is 1.57. The van der Waals surface area contributed by atoms with Crippen LogP contribution in [0.3, 0.4) is 0 Å². The highest BCUT2D eigenvalue weighted by atomic mass is 32.2. The highest BCUT2D eigenvalue weighted by molar-refractivity contribution is 7.89. The molecule has 0 aliphatic heterocycles. The number of aryl methyl sites for hydroxylation is 1. The summed E-state index contributed by atoms with van der Waals surface area (Å²) in [7, 11) is -2.12. The number of thiazole rings is 1. The molecule has 0 saturated heterocycles. The maximum Gasteiger partial charge on any atom is 0.240 e. The Morgan fingerprint density at radius 3 is 2.62 bits per heavy atom. The van der Waals surface area contributed by atoms with Gasteiger partial charge in [-0.15, -0.1) is 11.3 Å². The lowest BCUT2D eigenvalue weighted by Gasteiger charge is -2.15. The molecule has 114 valence electrons. The molecule has 0 amide bonds. The zero-order valence-corrected chi connectivity index (χ0v) is 13.7. The zero-order valence-electron chi connectivity index (χ0n) is 12.0. The van der Waals surface area contributed by atoms with Crippen LogP contribution in [-0.2, 0) is 10.0 Å². The molecular formula is C13H18N4O2S2. The molecule has 1 aromatic heterocycles. The molecule has 6 nitrogen and oxygen atoms in total. The summed E-state index contributed by atoms with van der Waals surface area (Å²) in [4.78, 5) is 4.56. The summed E-state index contributed by atoms with van der Waals surface area (Å²) < 4.78 is 25.7. The zero-order chi connectivity index (χ0) is 15.6. The SMILES string of the molecule is CNS(=O)(=O)c1ccc(NC(C)c2nc(C)cs2)c(N)c1. The van der Waals surface area contributed by atoms with E-state index in [0.717, 1.165) is 10.7 Å². The van der Waals surface area contributed by atoms with E-state index >= 15 is 0 Å². The van der Waals surface area contributed by atoms with Crippen molar-refractivity contribution in [3.8, 4) is 0 Å². The van der Waals surface area contributed by atoms with Gasteiger partial charge < -0.3 is 11.1 Å². The summed E-state index contributed by atoms with van der Waals surface area (Å²) in [5.41, 5.74) is 7.98. The average Bonchev–Trinajstić information content (AvgIpc) is 2.87. The Bertz CT molecular complexity index is 740. The molecule has 2 rings (SSSR count). The molecule has 8 heteroatoms. The number of rotatable bonds is 5. The van der Waals surface area contributed by atoms with Crippen molar-refractivity contribution in [2.75, 3.05) is 18.1 Å². The molecule has 0 saturated carbocycles. The number of hydrogen-bond donors (Lipinski definition) is 3. The topological polar surface area (TPSA) is 97.1 Å². The van der Waals surface area contributed by atoms with Gasteiger partial charge in [-0.3, -0.25) is 0 Å². The molecule has 4 N–H and O–H groups in total. The number of sulfonamides is 1. The average molecular weight is 326 g/mol. The van der Waals surface area contributed by atoms with Gasteiger partial charge in [0.25, 0.3) is 0 Å². The summed E-state index contributed by atoms with van der Waals surface area (Å²) in [6.45, 7) is 3.93. The molecule has 1 heterocycles. The Kier molecular flexibility index (Phi) is 4.50. The second-order valence-electron chi connectivity index (χ2n) is 4.65. The largest absolute Gasteiger partial charge is 0.397 e. The van der Waals surface area contributed by atoms with Crippen LogP contribution in [0.15, 0.2) is 28.5 Å². The monoisotopic (exact) mass is 326 g/mol. The smallest absolute Gasteiger partial charge is 0.240 e. The number of nitrogens with one attached hydrogen (secondary N) is 2. The van der Waals surface area contributed by atoms with Gasteiger partial charge in [0.15, 0.2) is 0 Å². The van der Waals surface area contributed by atoms with Crippen molar-refractivity contribution in [2.45, 2.75) is 24.8 Å². The molecule has 1 unspecified atom stereocenters. The van der Waals surface area contributed by atoms with E-state index in [1.165, 1.54) is 19.2 Å². The Balaban J connectivity index is 2.22. The number of benzene rings is 1. The van der Waals surface area contributed by atoms with E-state index in [-0.39, 0.29) is 10.9 Å². The van der Waals surface area contributed by atoms with Gasteiger partial charge in [-0.05, 0) is 39.1 Å². The Morgan fingerprint density at radius 2 is 2.10 bits per heavy atom. The molecule has 1 atom stereocenters. The van der Waals surface area contributed by atoms with Gasteiger partial charge in [-0.2, -0.15) is 0 Å². The third kappa shape index (κ3) is 3.52. The van der Waals surface area contributed by atoms with Crippen molar-refractivity contribution >= 4 is 32.7 Å². The summed E-state index contributed by atoms with van der Waals surface area (Å²) in [5.74, 6) is 0. The van der Waals surface area contributed by atoms with E-state index in [4.69, 9.17) is 5.73 Å². The maximum atomic E-state index is 11.7. The van der Waals surface area contributed by atoms with E-state index < -0.39 is 10.0 Å². The van der Waals surface area contributed by atoms with E-state index in [0.29, 0.717) is 11.4 Å². The standard InChI is InChI=1S/C13H18N4O2S2/c1-8-7-20-13(16-8)9(2)17-12-5-4-10(6-11(12)14)21(18,19)15-3/h4-7,9,15,17H,14H2,1-3H3. The highest BCUT2D eigenvalue weighted by Gasteiger charge is 2.15. The molecular weight excluding hydrogens is 308 g/mol. The Morgan fingerprint density at radius 1 is 1.38 bits per heavy atom. The fourth-order valence-electron chi connectivity index (χ4n) is 1.82. The Labute approximate surface area is 128 Å². The molecule has 0 aliphatic rings. The predicted molar refractivity (Wildman–Crippen MR) is 86.0 cm³/mol. The van der Waals surface area contributed by atoms with Gasteiger partial charge >= 0.3 is 0 Å². The van der Waals surface area contributed by atoms with Crippen molar-refractivity contribution in [1.29, 1.82) is 0 Å². The number of nitrogens with two attached hydrogens (primary N) is 1. The molecule has 0 fully saturated rings. The molecule has 0 radical (unpaired) electrons. The fourth-order valence-corrected chi connectivity index (χ4v) is 3.39. The van der Waals surface area contributed by atoms with E-state index in [2.05, 4.69) is 15.0 Å². The molecule has 2 aromatic rings. The van der Waals surface area contributed by atoms with Crippen molar-refractivity contribution in [3.05, 3.63) is 34.3 Å². The lowest BCUT2D eigenvalue weighted by molar-refractivity contribution is 0.588. The third-order valence-electron chi connectivity index (χ3n) is 2.98. The molecule has 1 aromatic carbocycles. The fraction of sp³-hybridized carbons (Fsp3) is 0.308. The molecule has 0 spiro atoms. The van der Waals surface area contributed by atoms with Gasteiger partial charge in [0, 0.05) is 11.1 Å². The van der Waals surface area contributed by atoms with Gasteiger partial charge in [0.1, 0.15) is 5.01 Å². The van der Waals surface area contributed by atoms with Gasteiger partial charge in [-0.25, -0.2) is 18.1 Å². The maximum absolute atomic E-state index is 11.7. The van der Waals surface area contributed by atoms with Crippen LogP contribution in [0.2, 0.25) is 0 Å². The van der Waals surface area contributed by atoms with Crippen LogP contribution in [0.1, 0.15) is 23.7 Å². The lowest BCUT2D eigenvalue weighted by Crippen LogP contribution is -2.19. The number of anilines is 2. The second-order valence-corrected chi connectivity index (χ2v) is 7.43. The van der Waals surface area contributed by atoms with Crippen LogP contribution >= 0.6 is 11.3 Å². The summed E-state index contributed by atoms with van der Waals surface area (Å²) in [6.07, 6.45) is 0. The number of hydrogen-bond acceptors (Lipinski definition) is 6. The Hall–Kier alpha value is -1.64. The first kappa shape index (κ1) is 15.7. The first-order valence-corrected chi connectivity index (χ1v) is 8.71. The second kappa shape index (κ2) is 6.00. The van der Waals surface area contributed by atoms with Crippen LogP contribution in [-0.4, -0.2) is 20.4 Å². The van der Waals surface area contributed by atoms with Crippen molar-refractivity contribution in [2.24, 2.45) is 0 Å². The van der Waals surface area contributed by atoms with Crippen LogP contribution in [0.25, 0.3) is 0 Å². The van der Waals surface area contributed by atoms with Crippen LogP contribution < -0.4 is 15.8 Å².